The molecule has 0 fully saturated rings. The topological polar surface area (TPSA) is 9.23 Å². The van der Waals surface area contributed by atoms with Crippen LogP contribution in [0.1, 0.15) is 27.9 Å². The zero-order valence-electron chi connectivity index (χ0n) is 23.8. The molecule has 0 aliphatic carbocycles. The van der Waals surface area contributed by atoms with E-state index in [2.05, 4.69) is 166 Å². The van der Waals surface area contributed by atoms with E-state index in [1.807, 2.05) is 0 Å². The average Bonchev–Trinajstić information content (AvgIpc) is 3.05. The Balaban J connectivity index is 1.58. The van der Waals surface area contributed by atoms with Crippen LogP contribution in [0.3, 0.4) is 0 Å². The van der Waals surface area contributed by atoms with Gasteiger partial charge in [0.1, 0.15) is 11.5 Å². The first-order chi connectivity index (χ1) is 20.7. The molecular formula is C39H32OP2. The van der Waals surface area contributed by atoms with Gasteiger partial charge in [0.05, 0.1) is 0 Å². The molecule has 0 N–H and O–H groups in total. The zero-order chi connectivity index (χ0) is 28.5. The Kier molecular flexibility index (Phi) is 7.48. The minimum atomic E-state index is -0.846. The normalized spacial score (nSPS) is 13.9. The zero-order valence-corrected chi connectivity index (χ0v) is 25.6. The van der Waals surface area contributed by atoms with Crippen LogP contribution in [0.4, 0.5) is 0 Å². The predicted octanol–water partition coefficient (Wildman–Crippen LogP) is 8.39. The molecule has 1 atom stereocenters. The maximum absolute atomic E-state index is 6.85. The number of rotatable bonds is 6. The standard InChI is InChI=1S/C39H32OP2/c1-28-27-36-37(38(29(28)2)41(30-17-7-3-8-18-30)31-19-9-4-10-20-31)39(34-25-15-16-26-35(34)40-36)42(32-21-11-5-12-22-32)33-23-13-6-14-24-33/h3-27,39H,1-2H3. The number of fused-ring (bicyclic) bond motifs is 2. The summed E-state index contributed by atoms with van der Waals surface area (Å²) in [5.74, 6) is 1.96. The summed E-state index contributed by atoms with van der Waals surface area (Å²) in [6.45, 7) is 4.55. The van der Waals surface area contributed by atoms with E-state index in [-0.39, 0.29) is 5.66 Å². The van der Waals surface area contributed by atoms with Gasteiger partial charge >= 0.3 is 0 Å². The molecule has 7 rings (SSSR count). The van der Waals surface area contributed by atoms with Crippen molar-refractivity contribution < 1.29 is 4.74 Å². The maximum atomic E-state index is 6.85. The van der Waals surface area contributed by atoms with Gasteiger partial charge in [-0.1, -0.05) is 140 Å². The van der Waals surface area contributed by atoms with Gasteiger partial charge in [-0.25, -0.2) is 0 Å². The van der Waals surface area contributed by atoms with Crippen LogP contribution in [0.5, 0.6) is 11.5 Å². The molecule has 42 heavy (non-hydrogen) atoms. The van der Waals surface area contributed by atoms with Crippen LogP contribution in [0.2, 0.25) is 0 Å². The first kappa shape index (κ1) is 26.9. The monoisotopic (exact) mass is 578 g/mol. The Morgan fingerprint density at radius 2 is 0.952 bits per heavy atom. The predicted molar refractivity (Wildman–Crippen MR) is 182 cm³/mol. The third-order valence-electron chi connectivity index (χ3n) is 8.10. The fourth-order valence-corrected chi connectivity index (χ4v) is 11.8. The van der Waals surface area contributed by atoms with Crippen LogP contribution in [0.25, 0.3) is 0 Å². The minimum absolute atomic E-state index is 0.136. The third kappa shape index (κ3) is 4.88. The fourth-order valence-electron chi connectivity index (χ4n) is 6.05. The van der Waals surface area contributed by atoms with Crippen LogP contribution in [0, 0.1) is 13.8 Å². The first-order valence-electron chi connectivity index (χ1n) is 14.4. The fraction of sp³-hybridized carbons (Fsp3) is 0.0769. The second-order valence-electron chi connectivity index (χ2n) is 10.7. The van der Waals surface area contributed by atoms with Gasteiger partial charge in [-0.05, 0) is 79.5 Å². The quantitative estimate of drug-likeness (QED) is 0.180. The van der Waals surface area contributed by atoms with Crippen molar-refractivity contribution in [2.24, 2.45) is 0 Å². The molecule has 1 unspecified atom stereocenters. The number of aryl methyl sites for hydroxylation is 1. The summed E-state index contributed by atoms with van der Waals surface area (Å²) >= 11 is 0. The molecule has 0 amide bonds. The van der Waals surface area contributed by atoms with Gasteiger partial charge in [0.25, 0.3) is 0 Å². The van der Waals surface area contributed by atoms with Gasteiger partial charge in [-0.2, -0.15) is 0 Å². The summed E-state index contributed by atoms with van der Waals surface area (Å²) in [5.41, 5.74) is 5.37. The Bertz CT molecular complexity index is 1740. The molecule has 6 aromatic rings. The van der Waals surface area contributed by atoms with Crippen LogP contribution in [-0.2, 0) is 0 Å². The lowest BCUT2D eigenvalue weighted by Crippen LogP contribution is -2.31. The molecule has 0 spiro atoms. The summed E-state index contributed by atoms with van der Waals surface area (Å²) < 4.78 is 6.85. The van der Waals surface area contributed by atoms with Crippen molar-refractivity contribution >= 4 is 42.4 Å². The molecule has 0 radical (unpaired) electrons. The Morgan fingerprint density at radius 3 is 1.48 bits per heavy atom. The highest BCUT2D eigenvalue weighted by molar-refractivity contribution is 7.80. The second kappa shape index (κ2) is 11.7. The molecule has 1 heterocycles. The van der Waals surface area contributed by atoms with Crippen molar-refractivity contribution in [1.29, 1.82) is 0 Å². The van der Waals surface area contributed by atoms with Gasteiger partial charge < -0.3 is 4.74 Å². The van der Waals surface area contributed by atoms with E-state index in [1.54, 1.807) is 0 Å². The van der Waals surface area contributed by atoms with Crippen molar-refractivity contribution in [3.05, 3.63) is 174 Å². The van der Waals surface area contributed by atoms with Crippen LogP contribution >= 0.6 is 15.8 Å². The van der Waals surface area contributed by atoms with E-state index in [4.69, 9.17) is 4.74 Å². The highest BCUT2D eigenvalue weighted by Crippen LogP contribution is 2.61. The lowest BCUT2D eigenvalue weighted by Gasteiger charge is -2.38. The number of para-hydroxylation sites is 1. The third-order valence-corrected chi connectivity index (χ3v) is 13.5. The van der Waals surface area contributed by atoms with Crippen molar-refractivity contribution in [3.8, 4) is 11.5 Å². The van der Waals surface area contributed by atoms with E-state index in [1.165, 1.54) is 48.8 Å². The Labute approximate surface area is 251 Å². The van der Waals surface area contributed by atoms with Crippen LogP contribution < -0.4 is 31.3 Å². The molecule has 1 aliphatic heterocycles. The largest absolute Gasteiger partial charge is 0.457 e. The number of benzene rings is 6. The summed E-state index contributed by atoms with van der Waals surface area (Å²) in [5, 5.41) is 6.89. The van der Waals surface area contributed by atoms with Gasteiger partial charge in [-0.15, -0.1) is 0 Å². The molecule has 1 nitrogen and oxygen atoms in total. The highest BCUT2D eigenvalue weighted by Gasteiger charge is 2.39. The van der Waals surface area contributed by atoms with Crippen molar-refractivity contribution in [2.75, 3.05) is 0 Å². The highest BCUT2D eigenvalue weighted by atomic mass is 31.1. The summed E-state index contributed by atoms with van der Waals surface area (Å²) in [6, 6.07) is 55.3. The first-order valence-corrected chi connectivity index (χ1v) is 17.2. The molecule has 0 aromatic heterocycles. The molecule has 6 aromatic carbocycles. The smallest absolute Gasteiger partial charge is 0.132 e. The molecule has 0 saturated heterocycles. The van der Waals surface area contributed by atoms with Crippen molar-refractivity contribution in [2.45, 2.75) is 19.5 Å². The van der Waals surface area contributed by atoms with Gasteiger partial charge in [0, 0.05) is 16.8 Å². The van der Waals surface area contributed by atoms with E-state index in [0.29, 0.717) is 0 Å². The minimum Gasteiger partial charge on any atom is -0.457 e. The van der Waals surface area contributed by atoms with E-state index >= 15 is 0 Å². The lowest BCUT2D eigenvalue weighted by atomic mass is 9.95. The van der Waals surface area contributed by atoms with Crippen molar-refractivity contribution in [1.82, 2.24) is 0 Å². The molecule has 3 heteroatoms. The second-order valence-corrected chi connectivity index (χ2v) is 15.1. The lowest BCUT2D eigenvalue weighted by molar-refractivity contribution is 0.459. The van der Waals surface area contributed by atoms with Crippen LogP contribution in [0.15, 0.2) is 152 Å². The van der Waals surface area contributed by atoms with Gasteiger partial charge in [0.2, 0.25) is 0 Å². The summed E-state index contributed by atoms with van der Waals surface area (Å²) in [6.07, 6.45) is 0. The molecule has 1 aliphatic rings. The number of hydrogen-bond acceptors (Lipinski definition) is 1. The van der Waals surface area contributed by atoms with Gasteiger partial charge in [-0.3, -0.25) is 0 Å². The Morgan fingerprint density at radius 1 is 0.500 bits per heavy atom. The van der Waals surface area contributed by atoms with E-state index in [9.17, 15) is 0 Å². The number of hydrogen-bond donors (Lipinski definition) is 0. The molecular weight excluding hydrogens is 546 g/mol. The average molecular weight is 579 g/mol. The van der Waals surface area contributed by atoms with E-state index < -0.39 is 15.8 Å². The van der Waals surface area contributed by atoms with Gasteiger partial charge in [0.15, 0.2) is 0 Å². The summed E-state index contributed by atoms with van der Waals surface area (Å²) in [7, 11) is -1.66. The maximum Gasteiger partial charge on any atom is 0.132 e. The number of ether oxygens (including phenoxy) is 1. The molecule has 0 saturated carbocycles. The molecule has 204 valence electrons. The summed E-state index contributed by atoms with van der Waals surface area (Å²) in [4.78, 5) is 0. The van der Waals surface area contributed by atoms with Crippen molar-refractivity contribution in [3.63, 3.8) is 0 Å². The molecule has 0 bridgehead atoms. The van der Waals surface area contributed by atoms with Crippen LogP contribution in [-0.4, -0.2) is 0 Å². The SMILES string of the molecule is Cc1cc2c(c(P(c3ccccc3)c3ccccc3)c1C)C(P(c1ccccc1)c1ccccc1)c1ccccc1O2. The Hall–Kier alpha value is -4.02. The van der Waals surface area contributed by atoms with E-state index in [0.717, 1.165) is 11.5 Å².